The van der Waals surface area contributed by atoms with E-state index >= 15 is 0 Å². The van der Waals surface area contributed by atoms with Gasteiger partial charge in [-0.25, -0.2) is 4.79 Å². The third kappa shape index (κ3) is 3.22. The molecular formula is C13H16BrN3O3S. The quantitative estimate of drug-likeness (QED) is 0.827. The van der Waals surface area contributed by atoms with E-state index in [1.54, 1.807) is 16.2 Å². The smallest absolute Gasteiger partial charge is 0.317 e. The van der Waals surface area contributed by atoms with E-state index in [4.69, 9.17) is 4.74 Å². The Morgan fingerprint density at radius 1 is 1.52 bits per heavy atom. The highest BCUT2D eigenvalue weighted by Crippen LogP contribution is 2.27. The zero-order valence-corrected chi connectivity index (χ0v) is 13.8. The number of thiophene rings is 1. The van der Waals surface area contributed by atoms with Crippen molar-refractivity contribution in [3.05, 3.63) is 20.8 Å². The molecule has 8 heteroatoms. The Morgan fingerprint density at radius 2 is 2.29 bits per heavy atom. The molecule has 2 N–H and O–H groups in total. The number of carbonyl (C=O) groups excluding carboxylic acids is 2. The van der Waals surface area contributed by atoms with Crippen LogP contribution < -0.4 is 10.6 Å². The number of likely N-dealkylation sites (tertiary alicyclic amines) is 1. The molecule has 0 aromatic carbocycles. The average Bonchev–Trinajstić information content (AvgIpc) is 3.04. The highest BCUT2D eigenvalue weighted by atomic mass is 79.9. The van der Waals surface area contributed by atoms with E-state index in [9.17, 15) is 9.59 Å². The van der Waals surface area contributed by atoms with Crippen LogP contribution in [0.3, 0.4) is 0 Å². The van der Waals surface area contributed by atoms with Gasteiger partial charge < -0.3 is 20.3 Å². The zero-order valence-electron chi connectivity index (χ0n) is 11.4. The van der Waals surface area contributed by atoms with Gasteiger partial charge in [-0.15, -0.1) is 11.3 Å². The number of rotatable bonds is 2. The second-order valence-corrected chi connectivity index (χ2v) is 7.43. The number of hydrogen-bond acceptors (Lipinski definition) is 4. The maximum atomic E-state index is 12.1. The topological polar surface area (TPSA) is 70.7 Å². The zero-order chi connectivity index (χ0) is 14.9. The number of halogens is 1. The maximum Gasteiger partial charge on any atom is 0.317 e. The van der Waals surface area contributed by atoms with Crippen LogP contribution in [0.15, 0.2) is 15.2 Å². The largest absolute Gasteiger partial charge is 0.346 e. The first-order valence-electron chi connectivity index (χ1n) is 6.78. The van der Waals surface area contributed by atoms with E-state index in [1.807, 2.05) is 11.4 Å². The minimum absolute atomic E-state index is 0.0739. The van der Waals surface area contributed by atoms with Gasteiger partial charge in [-0.2, -0.15) is 0 Å². The van der Waals surface area contributed by atoms with Gasteiger partial charge in [0.2, 0.25) is 5.91 Å². The van der Waals surface area contributed by atoms with Crippen LogP contribution in [0.2, 0.25) is 0 Å². The van der Waals surface area contributed by atoms with Crippen molar-refractivity contribution >= 4 is 39.2 Å². The van der Waals surface area contributed by atoms with Crippen LogP contribution in [-0.2, 0) is 16.1 Å². The summed E-state index contributed by atoms with van der Waals surface area (Å²) in [6.45, 7) is 1.80. The number of nitrogens with zero attached hydrogens (tertiary/aromatic N) is 1. The normalized spacial score (nSPS) is 20.6. The summed E-state index contributed by atoms with van der Waals surface area (Å²) in [4.78, 5) is 25.2. The molecule has 2 aliphatic rings. The summed E-state index contributed by atoms with van der Waals surface area (Å²) in [6, 6.07) is 1.91. The molecule has 2 fully saturated rings. The molecule has 1 aromatic rings. The van der Waals surface area contributed by atoms with E-state index < -0.39 is 5.72 Å². The van der Waals surface area contributed by atoms with Gasteiger partial charge >= 0.3 is 6.03 Å². The van der Waals surface area contributed by atoms with Gasteiger partial charge in [-0.05, 0) is 32.9 Å². The number of ether oxygens (including phenoxy) is 1. The molecule has 6 nitrogen and oxygen atoms in total. The van der Waals surface area contributed by atoms with Crippen molar-refractivity contribution in [1.82, 2.24) is 15.5 Å². The summed E-state index contributed by atoms with van der Waals surface area (Å²) in [7, 11) is 0. The van der Waals surface area contributed by atoms with E-state index in [2.05, 4.69) is 26.6 Å². The lowest BCUT2D eigenvalue weighted by atomic mass is 10.0. The minimum Gasteiger partial charge on any atom is -0.346 e. The molecule has 0 saturated carbocycles. The first-order chi connectivity index (χ1) is 10.1. The molecule has 1 spiro atoms. The Bertz CT molecular complexity index is 555. The van der Waals surface area contributed by atoms with Crippen molar-refractivity contribution in [1.29, 1.82) is 0 Å². The van der Waals surface area contributed by atoms with Gasteiger partial charge in [-0.3, -0.25) is 4.79 Å². The SMILES string of the molecule is O=C1COC2(CCN(C(=O)NCc3ccsc3Br)CC2)N1. The predicted molar refractivity (Wildman–Crippen MR) is 81.9 cm³/mol. The second kappa shape index (κ2) is 5.94. The molecule has 0 radical (unpaired) electrons. The van der Waals surface area contributed by atoms with E-state index in [0.717, 1.165) is 9.35 Å². The van der Waals surface area contributed by atoms with Crippen molar-refractivity contribution in [2.75, 3.05) is 19.7 Å². The van der Waals surface area contributed by atoms with Crippen LogP contribution in [0.5, 0.6) is 0 Å². The molecule has 3 rings (SSSR count). The Labute approximate surface area is 135 Å². The predicted octanol–water partition coefficient (Wildman–Crippen LogP) is 1.66. The molecule has 0 aliphatic carbocycles. The van der Waals surface area contributed by atoms with E-state index in [-0.39, 0.29) is 18.5 Å². The van der Waals surface area contributed by atoms with Crippen LogP contribution in [0.25, 0.3) is 0 Å². The van der Waals surface area contributed by atoms with Crippen LogP contribution in [0, 0.1) is 0 Å². The molecule has 1 aromatic heterocycles. The number of carbonyl (C=O) groups is 2. The van der Waals surface area contributed by atoms with E-state index in [1.165, 1.54) is 0 Å². The highest BCUT2D eigenvalue weighted by molar-refractivity contribution is 9.11. The Hall–Kier alpha value is -1.12. The maximum absolute atomic E-state index is 12.1. The molecule has 3 heterocycles. The van der Waals surface area contributed by atoms with Crippen molar-refractivity contribution < 1.29 is 14.3 Å². The molecule has 0 atom stereocenters. The molecule has 21 heavy (non-hydrogen) atoms. The third-order valence-electron chi connectivity index (χ3n) is 3.83. The monoisotopic (exact) mass is 373 g/mol. The molecule has 2 saturated heterocycles. The Kier molecular flexibility index (Phi) is 4.19. The van der Waals surface area contributed by atoms with Gasteiger partial charge in [-0.1, -0.05) is 0 Å². The summed E-state index contributed by atoms with van der Waals surface area (Å²) in [5.41, 5.74) is 0.526. The second-order valence-electron chi connectivity index (χ2n) is 5.20. The number of hydrogen-bond donors (Lipinski definition) is 2. The molecule has 114 valence electrons. The summed E-state index contributed by atoms with van der Waals surface area (Å²) >= 11 is 5.05. The van der Waals surface area contributed by atoms with Gasteiger partial charge in [0.25, 0.3) is 0 Å². The molecule has 0 bridgehead atoms. The van der Waals surface area contributed by atoms with Crippen molar-refractivity contribution in [2.45, 2.75) is 25.1 Å². The molecule has 0 unspecified atom stereocenters. The number of piperidine rings is 1. The third-order valence-corrected chi connectivity index (χ3v) is 5.64. The molecule has 2 aliphatic heterocycles. The van der Waals surface area contributed by atoms with Gasteiger partial charge in [0.1, 0.15) is 12.3 Å². The molecule has 3 amide bonds. The first-order valence-corrected chi connectivity index (χ1v) is 8.45. The Balaban J connectivity index is 1.49. The lowest BCUT2D eigenvalue weighted by molar-refractivity contribution is -0.119. The lowest BCUT2D eigenvalue weighted by Crippen LogP contribution is -2.54. The number of amides is 3. The average molecular weight is 374 g/mol. The fourth-order valence-corrected chi connectivity index (χ4v) is 3.84. The summed E-state index contributed by atoms with van der Waals surface area (Å²) in [5, 5.41) is 7.77. The standard InChI is InChI=1S/C13H16BrN3O3S/c14-11-9(1-6-21-11)7-15-12(19)17-4-2-13(3-5-17)16-10(18)8-20-13/h1,6H,2-5,7-8H2,(H,15,19)(H,16,18). The van der Waals surface area contributed by atoms with E-state index in [0.29, 0.717) is 32.5 Å². The molecular weight excluding hydrogens is 358 g/mol. The highest BCUT2D eigenvalue weighted by Gasteiger charge is 2.42. The number of nitrogens with one attached hydrogen (secondary N) is 2. The van der Waals surface area contributed by atoms with Gasteiger partial charge in [0.15, 0.2) is 0 Å². The Morgan fingerprint density at radius 3 is 2.86 bits per heavy atom. The summed E-state index contributed by atoms with van der Waals surface area (Å²) < 4.78 is 6.58. The summed E-state index contributed by atoms with van der Waals surface area (Å²) in [6.07, 6.45) is 1.27. The minimum atomic E-state index is -0.551. The number of urea groups is 1. The fourth-order valence-electron chi connectivity index (χ4n) is 2.60. The van der Waals surface area contributed by atoms with Crippen molar-refractivity contribution in [3.63, 3.8) is 0 Å². The van der Waals surface area contributed by atoms with Crippen LogP contribution in [0.4, 0.5) is 4.79 Å². The fraction of sp³-hybridized carbons (Fsp3) is 0.538. The van der Waals surface area contributed by atoms with Gasteiger partial charge in [0, 0.05) is 32.5 Å². The van der Waals surface area contributed by atoms with Crippen molar-refractivity contribution in [2.24, 2.45) is 0 Å². The van der Waals surface area contributed by atoms with Crippen LogP contribution >= 0.6 is 27.3 Å². The van der Waals surface area contributed by atoms with Crippen LogP contribution in [-0.4, -0.2) is 42.3 Å². The van der Waals surface area contributed by atoms with Crippen molar-refractivity contribution in [3.8, 4) is 0 Å². The first kappa shape index (κ1) is 14.8. The lowest BCUT2D eigenvalue weighted by Gasteiger charge is -2.38. The van der Waals surface area contributed by atoms with Gasteiger partial charge in [0.05, 0.1) is 3.79 Å². The van der Waals surface area contributed by atoms with Crippen LogP contribution in [0.1, 0.15) is 18.4 Å². The summed E-state index contributed by atoms with van der Waals surface area (Å²) in [5.74, 6) is -0.0739.